The van der Waals surface area contributed by atoms with Crippen LogP contribution >= 0.6 is 0 Å². The molecule has 2 N–H and O–H groups in total. The highest BCUT2D eigenvalue weighted by Gasteiger charge is 2.28. The van der Waals surface area contributed by atoms with E-state index in [2.05, 4.69) is 12.1 Å². The van der Waals surface area contributed by atoms with Crippen LogP contribution in [0.15, 0.2) is 29.4 Å². The number of phenols is 1. The molecule has 0 heterocycles. The zero-order valence-electron chi connectivity index (χ0n) is 12.5. The zero-order valence-corrected chi connectivity index (χ0v) is 12.5. The van der Waals surface area contributed by atoms with E-state index >= 15 is 0 Å². The number of methoxy groups -OCH3 is 1. The summed E-state index contributed by atoms with van der Waals surface area (Å²) in [4.78, 5) is 12.0. The molecule has 0 amide bonds. The summed E-state index contributed by atoms with van der Waals surface area (Å²) in [6.07, 6.45) is 4.60. The van der Waals surface area contributed by atoms with E-state index < -0.39 is 5.92 Å². The van der Waals surface area contributed by atoms with Gasteiger partial charge < -0.3 is 15.1 Å². The van der Waals surface area contributed by atoms with E-state index in [4.69, 9.17) is 9.94 Å². The monoisotopic (exact) mass is 293 g/mol. The van der Waals surface area contributed by atoms with Gasteiger partial charge in [-0.1, -0.05) is 31.9 Å². The van der Waals surface area contributed by atoms with Crippen LogP contribution in [0.5, 0.6) is 5.75 Å². The van der Waals surface area contributed by atoms with E-state index in [9.17, 15) is 9.90 Å². The van der Waals surface area contributed by atoms with Crippen molar-refractivity contribution in [2.45, 2.75) is 32.6 Å². The van der Waals surface area contributed by atoms with Crippen LogP contribution in [0.1, 0.15) is 31.7 Å². The Hall–Kier alpha value is -2.04. The Kier molecular flexibility index (Phi) is 7.29. The second kappa shape index (κ2) is 9.00. The Labute approximate surface area is 125 Å². The molecule has 2 atom stereocenters. The van der Waals surface area contributed by atoms with Crippen LogP contribution < -0.4 is 0 Å². The predicted octanol–water partition coefficient (Wildman–Crippen LogP) is 2.99. The molecular formula is C16H23NO4. The second-order valence-electron chi connectivity index (χ2n) is 5.07. The first-order chi connectivity index (χ1) is 10.1. The minimum atomic E-state index is -0.401. The predicted molar refractivity (Wildman–Crippen MR) is 80.6 cm³/mol. The number of hydrogen-bond donors (Lipinski definition) is 2. The molecule has 0 aromatic heterocycles. The fourth-order valence-corrected chi connectivity index (χ4v) is 2.35. The average molecular weight is 293 g/mol. The molecule has 116 valence electrons. The van der Waals surface area contributed by atoms with Crippen molar-refractivity contribution < 1.29 is 19.8 Å². The Morgan fingerprint density at radius 3 is 2.57 bits per heavy atom. The number of unbranched alkanes of at least 4 members (excludes halogenated alkanes) is 1. The van der Waals surface area contributed by atoms with E-state index in [-0.39, 0.29) is 17.6 Å². The summed E-state index contributed by atoms with van der Waals surface area (Å²) < 4.78 is 4.88. The first kappa shape index (κ1) is 17.0. The number of benzene rings is 1. The van der Waals surface area contributed by atoms with E-state index in [0.29, 0.717) is 6.42 Å². The van der Waals surface area contributed by atoms with Crippen molar-refractivity contribution in [3.05, 3.63) is 29.8 Å². The van der Waals surface area contributed by atoms with Gasteiger partial charge in [0.1, 0.15) is 5.75 Å². The third-order valence-corrected chi connectivity index (χ3v) is 3.56. The fourth-order valence-electron chi connectivity index (χ4n) is 2.35. The molecule has 1 rings (SSSR count). The van der Waals surface area contributed by atoms with Gasteiger partial charge in [0.2, 0.25) is 0 Å². The standard InChI is InChI=1S/C16H23NO4/c1-3-4-5-13(11-17-20)15(16(19)21-2)10-12-6-8-14(18)9-7-12/h6-9,11,13,15,18,20H,3-5,10H2,1-2H3. The number of nitrogens with zero attached hydrogens (tertiary/aromatic N) is 1. The molecule has 1 aromatic carbocycles. The zero-order chi connectivity index (χ0) is 15.7. The van der Waals surface area contributed by atoms with Crippen molar-refractivity contribution in [1.29, 1.82) is 0 Å². The topological polar surface area (TPSA) is 79.1 Å². The molecule has 0 spiro atoms. The number of oxime groups is 1. The van der Waals surface area contributed by atoms with Crippen LogP contribution in [-0.2, 0) is 16.0 Å². The minimum Gasteiger partial charge on any atom is -0.508 e. The molecule has 21 heavy (non-hydrogen) atoms. The smallest absolute Gasteiger partial charge is 0.309 e. The molecule has 0 saturated carbocycles. The number of rotatable bonds is 8. The van der Waals surface area contributed by atoms with Gasteiger partial charge in [-0.15, -0.1) is 5.16 Å². The number of carbonyl (C=O) groups is 1. The Morgan fingerprint density at radius 2 is 2.05 bits per heavy atom. The average Bonchev–Trinajstić information content (AvgIpc) is 2.50. The van der Waals surface area contributed by atoms with Gasteiger partial charge in [-0.3, -0.25) is 4.79 Å². The number of ether oxygens (including phenoxy) is 1. The van der Waals surface area contributed by atoms with Gasteiger partial charge >= 0.3 is 5.97 Å². The Bertz CT molecular complexity index is 456. The molecule has 0 aliphatic carbocycles. The van der Waals surface area contributed by atoms with Crippen LogP contribution in [0.2, 0.25) is 0 Å². The maximum absolute atomic E-state index is 12.0. The molecule has 0 aliphatic heterocycles. The van der Waals surface area contributed by atoms with E-state index in [0.717, 1.165) is 24.8 Å². The van der Waals surface area contributed by atoms with Crippen LogP contribution in [0.4, 0.5) is 0 Å². The molecule has 0 fully saturated rings. The number of esters is 1. The fraction of sp³-hybridized carbons (Fsp3) is 0.500. The van der Waals surface area contributed by atoms with Crippen molar-refractivity contribution >= 4 is 12.2 Å². The van der Waals surface area contributed by atoms with Gasteiger partial charge in [0.15, 0.2) is 0 Å². The minimum absolute atomic E-state index is 0.170. The second-order valence-corrected chi connectivity index (χ2v) is 5.07. The summed E-state index contributed by atoms with van der Waals surface area (Å²) in [7, 11) is 1.36. The van der Waals surface area contributed by atoms with E-state index in [1.165, 1.54) is 13.3 Å². The van der Waals surface area contributed by atoms with Gasteiger partial charge in [0.05, 0.1) is 13.0 Å². The summed E-state index contributed by atoms with van der Waals surface area (Å²) in [5.74, 6) is -0.699. The molecule has 5 heteroatoms. The highest BCUT2D eigenvalue weighted by molar-refractivity contribution is 5.78. The van der Waals surface area contributed by atoms with Crippen LogP contribution in [0.3, 0.4) is 0 Å². The summed E-state index contributed by atoms with van der Waals surface area (Å²) in [6, 6.07) is 6.73. The van der Waals surface area contributed by atoms with Crippen molar-refractivity contribution in [3.63, 3.8) is 0 Å². The highest BCUT2D eigenvalue weighted by Crippen LogP contribution is 2.24. The quantitative estimate of drug-likeness (QED) is 0.334. The van der Waals surface area contributed by atoms with Gasteiger partial charge in [-0.25, -0.2) is 0 Å². The molecule has 1 aromatic rings. The third kappa shape index (κ3) is 5.45. The first-order valence-electron chi connectivity index (χ1n) is 7.15. The van der Waals surface area contributed by atoms with E-state index in [1.54, 1.807) is 24.3 Å². The summed E-state index contributed by atoms with van der Waals surface area (Å²) in [5.41, 5.74) is 0.927. The maximum atomic E-state index is 12.0. The SMILES string of the molecule is CCCCC(C=NO)C(Cc1ccc(O)cc1)C(=O)OC. The third-order valence-electron chi connectivity index (χ3n) is 3.56. The lowest BCUT2D eigenvalue weighted by atomic mass is 9.84. The van der Waals surface area contributed by atoms with Crippen LogP contribution in [0.25, 0.3) is 0 Å². The molecular weight excluding hydrogens is 270 g/mol. The van der Waals surface area contributed by atoms with Gasteiger partial charge in [-0.2, -0.15) is 0 Å². The molecule has 0 saturated heterocycles. The molecule has 0 radical (unpaired) electrons. The number of phenolic OH excluding ortho intramolecular Hbond substituents is 1. The van der Waals surface area contributed by atoms with Gasteiger partial charge in [0, 0.05) is 12.1 Å². The summed E-state index contributed by atoms with van der Waals surface area (Å²) in [5, 5.41) is 21.2. The molecule has 5 nitrogen and oxygen atoms in total. The first-order valence-corrected chi connectivity index (χ1v) is 7.15. The largest absolute Gasteiger partial charge is 0.508 e. The molecule has 0 aliphatic rings. The molecule has 0 bridgehead atoms. The van der Waals surface area contributed by atoms with Crippen molar-refractivity contribution in [2.24, 2.45) is 17.0 Å². The lowest BCUT2D eigenvalue weighted by molar-refractivity contribution is -0.146. The number of aromatic hydroxyl groups is 1. The Balaban J connectivity index is 2.91. The lowest BCUT2D eigenvalue weighted by Gasteiger charge is -2.21. The van der Waals surface area contributed by atoms with E-state index in [1.807, 2.05) is 0 Å². The van der Waals surface area contributed by atoms with Gasteiger partial charge in [-0.05, 0) is 30.5 Å². The van der Waals surface area contributed by atoms with Crippen molar-refractivity contribution in [2.75, 3.05) is 7.11 Å². The summed E-state index contributed by atoms with van der Waals surface area (Å²) >= 11 is 0. The van der Waals surface area contributed by atoms with Crippen LogP contribution in [0, 0.1) is 11.8 Å². The van der Waals surface area contributed by atoms with Crippen LogP contribution in [-0.4, -0.2) is 29.6 Å². The highest BCUT2D eigenvalue weighted by atomic mass is 16.5. The van der Waals surface area contributed by atoms with Crippen molar-refractivity contribution in [3.8, 4) is 5.75 Å². The van der Waals surface area contributed by atoms with Gasteiger partial charge in [0.25, 0.3) is 0 Å². The summed E-state index contributed by atoms with van der Waals surface area (Å²) in [6.45, 7) is 2.07. The lowest BCUT2D eigenvalue weighted by Crippen LogP contribution is -2.28. The number of carbonyl (C=O) groups excluding carboxylic acids is 1. The maximum Gasteiger partial charge on any atom is 0.309 e. The molecule has 2 unspecified atom stereocenters. The Morgan fingerprint density at radius 1 is 1.38 bits per heavy atom. The normalized spacial score (nSPS) is 14.0. The van der Waals surface area contributed by atoms with Crippen molar-refractivity contribution in [1.82, 2.24) is 0 Å². The number of hydrogen-bond acceptors (Lipinski definition) is 5.